The van der Waals surface area contributed by atoms with Gasteiger partial charge >= 0.3 is 0 Å². The molecule has 0 amide bonds. The molecule has 0 saturated heterocycles. The van der Waals surface area contributed by atoms with Gasteiger partial charge in [0.25, 0.3) is 0 Å². The van der Waals surface area contributed by atoms with Crippen molar-refractivity contribution in [1.29, 1.82) is 0 Å². The average Bonchev–Trinajstić information content (AvgIpc) is 2.28. The zero-order chi connectivity index (χ0) is 13.1. The third kappa shape index (κ3) is 2.70. The molecule has 17 heavy (non-hydrogen) atoms. The van der Waals surface area contributed by atoms with Crippen molar-refractivity contribution in [2.24, 2.45) is 0 Å². The van der Waals surface area contributed by atoms with E-state index in [1.807, 2.05) is 19.1 Å². The molecule has 0 aromatic heterocycles. The lowest BCUT2D eigenvalue weighted by Crippen LogP contribution is -2.34. The summed E-state index contributed by atoms with van der Waals surface area (Å²) in [7, 11) is 5.02. The molecule has 96 valence electrons. The van der Waals surface area contributed by atoms with Gasteiger partial charge in [0.2, 0.25) is 0 Å². The minimum Gasteiger partial charge on any atom is -0.496 e. The van der Waals surface area contributed by atoms with E-state index in [2.05, 4.69) is 5.32 Å². The Morgan fingerprint density at radius 1 is 1.29 bits per heavy atom. The third-order valence-corrected chi connectivity index (χ3v) is 2.88. The Hall–Kier alpha value is -1.26. The molecule has 1 unspecified atom stereocenters. The molecule has 1 atom stereocenters. The number of nitrogens with one attached hydrogen (secondary N) is 1. The van der Waals surface area contributed by atoms with E-state index in [1.165, 1.54) is 0 Å². The quantitative estimate of drug-likeness (QED) is 0.816. The predicted octanol–water partition coefficient (Wildman–Crippen LogP) is 1.44. The molecule has 2 N–H and O–H groups in total. The number of hydrogen-bond donors (Lipinski definition) is 2. The highest BCUT2D eigenvalue weighted by molar-refractivity contribution is 5.51. The molecular weight excluding hydrogens is 218 g/mol. The van der Waals surface area contributed by atoms with Crippen LogP contribution < -0.4 is 14.8 Å². The highest BCUT2D eigenvalue weighted by Crippen LogP contribution is 2.36. The SMILES string of the molecule is CNCC(C)(O)c1ccc(OC)c(C)c1OC. The molecule has 0 saturated carbocycles. The van der Waals surface area contributed by atoms with Gasteiger partial charge in [-0.15, -0.1) is 0 Å². The van der Waals surface area contributed by atoms with Gasteiger partial charge in [-0.05, 0) is 33.0 Å². The van der Waals surface area contributed by atoms with E-state index in [-0.39, 0.29) is 0 Å². The number of benzene rings is 1. The van der Waals surface area contributed by atoms with Gasteiger partial charge in [0.1, 0.15) is 17.1 Å². The first kappa shape index (κ1) is 13.8. The second-order valence-electron chi connectivity index (χ2n) is 4.28. The maximum atomic E-state index is 10.4. The van der Waals surface area contributed by atoms with Crippen LogP contribution in [0.1, 0.15) is 18.1 Å². The van der Waals surface area contributed by atoms with Gasteiger partial charge in [0.15, 0.2) is 0 Å². The summed E-state index contributed by atoms with van der Waals surface area (Å²) in [5.41, 5.74) is 0.674. The highest BCUT2D eigenvalue weighted by atomic mass is 16.5. The first-order valence-electron chi connectivity index (χ1n) is 5.57. The lowest BCUT2D eigenvalue weighted by Gasteiger charge is -2.27. The van der Waals surface area contributed by atoms with Crippen LogP contribution in [0.5, 0.6) is 11.5 Å². The van der Waals surface area contributed by atoms with E-state index in [4.69, 9.17) is 9.47 Å². The van der Waals surface area contributed by atoms with Crippen LogP contribution in [0, 0.1) is 6.92 Å². The summed E-state index contributed by atoms with van der Waals surface area (Å²) in [5.74, 6) is 1.43. The van der Waals surface area contributed by atoms with Crippen LogP contribution in [0.15, 0.2) is 12.1 Å². The summed E-state index contributed by atoms with van der Waals surface area (Å²) in [6.07, 6.45) is 0. The number of aliphatic hydroxyl groups is 1. The van der Waals surface area contributed by atoms with Crippen LogP contribution in [0.3, 0.4) is 0 Å². The van der Waals surface area contributed by atoms with Crippen LogP contribution in [-0.4, -0.2) is 32.9 Å². The topological polar surface area (TPSA) is 50.7 Å². The fraction of sp³-hybridized carbons (Fsp3) is 0.538. The van der Waals surface area contributed by atoms with E-state index >= 15 is 0 Å². The minimum atomic E-state index is -0.975. The van der Waals surface area contributed by atoms with Crippen molar-refractivity contribution in [2.75, 3.05) is 27.8 Å². The van der Waals surface area contributed by atoms with Crippen LogP contribution in [0.4, 0.5) is 0 Å². The molecule has 0 heterocycles. The number of rotatable bonds is 5. The Labute approximate surface area is 103 Å². The van der Waals surface area contributed by atoms with Crippen molar-refractivity contribution in [3.8, 4) is 11.5 Å². The molecule has 0 aliphatic rings. The Bertz CT molecular complexity index is 388. The smallest absolute Gasteiger partial charge is 0.131 e. The van der Waals surface area contributed by atoms with Crippen LogP contribution in [-0.2, 0) is 5.60 Å². The van der Waals surface area contributed by atoms with Crippen LogP contribution >= 0.6 is 0 Å². The van der Waals surface area contributed by atoms with Gasteiger partial charge in [-0.25, -0.2) is 0 Å². The monoisotopic (exact) mass is 239 g/mol. The molecule has 4 nitrogen and oxygen atoms in total. The highest BCUT2D eigenvalue weighted by Gasteiger charge is 2.27. The van der Waals surface area contributed by atoms with Gasteiger partial charge in [-0.1, -0.05) is 0 Å². The zero-order valence-corrected chi connectivity index (χ0v) is 11.1. The fourth-order valence-corrected chi connectivity index (χ4v) is 2.02. The molecule has 0 aliphatic carbocycles. The van der Waals surface area contributed by atoms with Crippen molar-refractivity contribution in [3.63, 3.8) is 0 Å². The second kappa shape index (κ2) is 5.38. The summed E-state index contributed by atoms with van der Waals surface area (Å²) in [4.78, 5) is 0. The molecule has 1 rings (SSSR count). The molecule has 0 aliphatic heterocycles. The van der Waals surface area contributed by atoms with Gasteiger partial charge in [0.05, 0.1) is 14.2 Å². The average molecular weight is 239 g/mol. The first-order chi connectivity index (χ1) is 7.97. The van der Waals surface area contributed by atoms with Crippen LogP contribution in [0.25, 0.3) is 0 Å². The van der Waals surface area contributed by atoms with Crippen molar-refractivity contribution >= 4 is 0 Å². The van der Waals surface area contributed by atoms with Crippen molar-refractivity contribution < 1.29 is 14.6 Å². The van der Waals surface area contributed by atoms with Crippen molar-refractivity contribution in [1.82, 2.24) is 5.32 Å². The summed E-state index contributed by atoms with van der Waals surface area (Å²) in [5, 5.41) is 13.4. The lowest BCUT2D eigenvalue weighted by atomic mass is 9.93. The Morgan fingerprint density at radius 2 is 1.94 bits per heavy atom. The first-order valence-corrected chi connectivity index (χ1v) is 5.57. The maximum Gasteiger partial charge on any atom is 0.131 e. The van der Waals surface area contributed by atoms with Crippen molar-refractivity contribution in [3.05, 3.63) is 23.3 Å². The molecule has 0 bridgehead atoms. The summed E-state index contributed by atoms with van der Waals surface area (Å²) < 4.78 is 10.6. The molecule has 0 radical (unpaired) electrons. The van der Waals surface area contributed by atoms with E-state index in [0.717, 1.165) is 16.9 Å². The van der Waals surface area contributed by atoms with E-state index in [0.29, 0.717) is 12.3 Å². The standard InChI is InChI=1S/C13H21NO3/c1-9-11(16-4)7-6-10(12(9)17-5)13(2,15)8-14-3/h6-7,14-15H,8H2,1-5H3. The largest absolute Gasteiger partial charge is 0.496 e. The minimum absolute atomic E-state index is 0.454. The molecule has 0 spiro atoms. The predicted molar refractivity (Wildman–Crippen MR) is 67.8 cm³/mol. The fourth-order valence-electron chi connectivity index (χ4n) is 2.02. The normalized spacial score (nSPS) is 14.2. The Balaban J connectivity index is 3.30. The summed E-state index contributed by atoms with van der Waals surface area (Å²) >= 11 is 0. The summed E-state index contributed by atoms with van der Waals surface area (Å²) in [6, 6.07) is 3.68. The zero-order valence-electron chi connectivity index (χ0n) is 11.1. The molecule has 4 heteroatoms. The lowest BCUT2D eigenvalue weighted by molar-refractivity contribution is 0.0563. The van der Waals surface area contributed by atoms with Gasteiger partial charge in [-0.3, -0.25) is 0 Å². The Morgan fingerprint density at radius 3 is 2.41 bits per heavy atom. The van der Waals surface area contributed by atoms with Crippen LogP contribution in [0.2, 0.25) is 0 Å². The number of ether oxygens (including phenoxy) is 2. The number of methoxy groups -OCH3 is 2. The van der Waals surface area contributed by atoms with Crippen molar-refractivity contribution in [2.45, 2.75) is 19.4 Å². The third-order valence-electron chi connectivity index (χ3n) is 2.88. The Kier molecular flexibility index (Phi) is 4.37. The van der Waals surface area contributed by atoms with E-state index in [1.54, 1.807) is 28.2 Å². The van der Waals surface area contributed by atoms with E-state index in [9.17, 15) is 5.11 Å². The van der Waals surface area contributed by atoms with E-state index < -0.39 is 5.60 Å². The number of hydrogen-bond acceptors (Lipinski definition) is 4. The molecule has 1 aromatic rings. The maximum absolute atomic E-state index is 10.4. The molecule has 0 fully saturated rings. The number of likely N-dealkylation sites (N-methyl/N-ethyl adjacent to an activating group) is 1. The summed E-state index contributed by atoms with van der Waals surface area (Å²) in [6.45, 7) is 4.12. The van der Waals surface area contributed by atoms with Gasteiger partial charge < -0.3 is 19.9 Å². The molecule has 1 aromatic carbocycles. The molecular formula is C13H21NO3. The van der Waals surface area contributed by atoms with Gasteiger partial charge in [-0.2, -0.15) is 0 Å². The second-order valence-corrected chi connectivity index (χ2v) is 4.28. The van der Waals surface area contributed by atoms with Gasteiger partial charge in [0, 0.05) is 17.7 Å².